The summed E-state index contributed by atoms with van der Waals surface area (Å²) < 4.78 is 5.34. The number of nitrogens with zero attached hydrogens (tertiary/aromatic N) is 1. The number of primary amides is 1. The molecule has 0 aliphatic rings. The van der Waals surface area contributed by atoms with Crippen LogP contribution in [0.2, 0.25) is 0 Å². The van der Waals surface area contributed by atoms with Gasteiger partial charge in [0.15, 0.2) is 11.7 Å². The van der Waals surface area contributed by atoms with Crippen LogP contribution in [0.25, 0.3) is 0 Å². The molecule has 1 heterocycles. The van der Waals surface area contributed by atoms with Gasteiger partial charge in [0.05, 0.1) is 0 Å². The third-order valence-electron chi connectivity index (χ3n) is 3.63. The van der Waals surface area contributed by atoms with E-state index in [2.05, 4.69) is 47.7 Å². The van der Waals surface area contributed by atoms with E-state index in [0.717, 1.165) is 19.5 Å². The average Bonchev–Trinajstić information content (AvgIpc) is 3.01. The number of carbonyl (C=O) groups is 1. The number of furan rings is 1. The van der Waals surface area contributed by atoms with Gasteiger partial charge in [-0.15, -0.1) is 24.0 Å². The maximum absolute atomic E-state index is 11.0. The largest absolute Gasteiger partial charge is 0.454 e. The fourth-order valence-electron chi connectivity index (χ4n) is 2.63. The van der Waals surface area contributed by atoms with E-state index >= 15 is 0 Å². The van der Waals surface area contributed by atoms with E-state index in [0.29, 0.717) is 18.3 Å². The van der Waals surface area contributed by atoms with Crippen LogP contribution in [-0.2, 0) is 13.0 Å². The number of halogens is 1. The molecule has 0 spiro atoms. The van der Waals surface area contributed by atoms with E-state index in [9.17, 15) is 4.79 Å². The van der Waals surface area contributed by atoms with Crippen molar-refractivity contribution in [3.63, 3.8) is 0 Å². The third-order valence-corrected chi connectivity index (χ3v) is 3.63. The van der Waals surface area contributed by atoms with Crippen molar-refractivity contribution in [1.82, 2.24) is 10.6 Å². The Morgan fingerprint density at radius 2 is 1.85 bits per heavy atom. The Morgan fingerprint density at radius 1 is 1.15 bits per heavy atom. The standard InChI is InChI=1S/C19H26N4O2.HI/c1-4-21-19(23-12-16-5-6-17(25-16)18(20)24)22-8-7-15-10-13(2)9-14(3)11-15;/h5-6,9-11H,4,7-8,12H2,1-3H3,(H2,20,24)(H2,21,22,23);1H. The summed E-state index contributed by atoms with van der Waals surface area (Å²) >= 11 is 0. The van der Waals surface area contributed by atoms with Gasteiger partial charge in [0.1, 0.15) is 12.3 Å². The van der Waals surface area contributed by atoms with Crippen molar-refractivity contribution in [2.24, 2.45) is 10.7 Å². The highest BCUT2D eigenvalue weighted by Crippen LogP contribution is 2.09. The van der Waals surface area contributed by atoms with Gasteiger partial charge >= 0.3 is 0 Å². The molecule has 0 radical (unpaired) electrons. The molecule has 2 aromatic rings. The fraction of sp³-hybridized carbons (Fsp3) is 0.368. The zero-order valence-corrected chi connectivity index (χ0v) is 17.8. The SMILES string of the molecule is CCNC(=NCc1ccc(C(N)=O)o1)NCCc1cc(C)cc(C)c1.I. The van der Waals surface area contributed by atoms with Crippen LogP contribution in [0.15, 0.2) is 39.7 Å². The lowest BCUT2D eigenvalue weighted by molar-refractivity contribution is 0.0972. The first kappa shape index (κ1) is 22.0. The summed E-state index contributed by atoms with van der Waals surface area (Å²) in [6.07, 6.45) is 0.916. The predicted octanol–water partition coefficient (Wildman–Crippen LogP) is 2.91. The van der Waals surface area contributed by atoms with E-state index < -0.39 is 5.91 Å². The Kier molecular flexibility index (Phi) is 9.18. The molecule has 7 heteroatoms. The Hall–Kier alpha value is -2.03. The van der Waals surface area contributed by atoms with E-state index in [1.807, 2.05) is 6.92 Å². The lowest BCUT2D eigenvalue weighted by atomic mass is 10.1. The highest BCUT2D eigenvalue weighted by Gasteiger charge is 2.07. The molecule has 142 valence electrons. The van der Waals surface area contributed by atoms with Crippen LogP contribution in [0.1, 0.15) is 39.9 Å². The van der Waals surface area contributed by atoms with Gasteiger partial charge in [-0.25, -0.2) is 4.99 Å². The normalized spacial score (nSPS) is 11.0. The maximum Gasteiger partial charge on any atom is 0.284 e. The number of rotatable bonds is 7. The van der Waals surface area contributed by atoms with Crippen LogP contribution in [0, 0.1) is 13.8 Å². The first-order valence-electron chi connectivity index (χ1n) is 8.45. The third kappa shape index (κ3) is 7.07. The van der Waals surface area contributed by atoms with Gasteiger partial charge in [0.25, 0.3) is 5.91 Å². The minimum atomic E-state index is -0.575. The fourth-order valence-corrected chi connectivity index (χ4v) is 2.63. The monoisotopic (exact) mass is 470 g/mol. The molecule has 2 rings (SSSR count). The van der Waals surface area contributed by atoms with Gasteiger partial charge in [-0.05, 0) is 44.9 Å². The lowest BCUT2D eigenvalue weighted by Gasteiger charge is -2.11. The Labute approximate surface area is 171 Å². The van der Waals surface area contributed by atoms with E-state index in [1.54, 1.807) is 12.1 Å². The Balaban J connectivity index is 0.00000338. The Bertz CT molecular complexity index is 735. The molecule has 6 nitrogen and oxygen atoms in total. The number of aryl methyl sites for hydroxylation is 2. The van der Waals surface area contributed by atoms with Gasteiger partial charge < -0.3 is 20.8 Å². The molecule has 0 fully saturated rings. The molecule has 0 aliphatic carbocycles. The molecule has 0 atom stereocenters. The summed E-state index contributed by atoms with van der Waals surface area (Å²) in [5, 5.41) is 6.51. The van der Waals surface area contributed by atoms with Crippen molar-refractivity contribution in [2.45, 2.75) is 33.7 Å². The number of benzene rings is 1. The molecular formula is C19H27IN4O2. The quantitative estimate of drug-likeness (QED) is 0.330. The first-order chi connectivity index (χ1) is 12.0. The van der Waals surface area contributed by atoms with Gasteiger partial charge in [0.2, 0.25) is 0 Å². The van der Waals surface area contributed by atoms with Crippen LogP contribution in [0.4, 0.5) is 0 Å². The van der Waals surface area contributed by atoms with Gasteiger partial charge in [-0.3, -0.25) is 4.79 Å². The van der Waals surface area contributed by atoms with Crippen LogP contribution >= 0.6 is 24.0 Å². The summed E-state index contributed by atoms with van der Waals surface area (Å²) in [6, 6.07) is 9.85. The van der Waals surface area contributed by atoms with Crippen LogP contribution in [0.5, 0.6) is 0 Å². The van der Waals surface area contributed by atoms with Crippen molar-refractivity contribution in [3.8, 4) is 0 Å². The topological polar surface area (TPSA) is 92.6 Å². The molecular weight excluding hydrogens is 443 g/mol. The molecule has 0 saturated carbocycles. The molecule has 1 amide bonds. The zero-order valence-electron chi connectivity index (χ0n) is 15.5. The van der Waals surface area contributed by atoms with Crippen LogP contribution < -0.4 is 16.4 Å². The van der Waals surface area contributed by atoms with Gasteiger partial charge in [-0.2, -0.15) is 0 Å². The number of guanidine groups is 1. The second-order valence-corrected chi connectivity index (χ2v) is 6.00. The maximum atomic E-state index is 11.0. The average molecular weight is 470 g/mol. The number of hydrogen-bond acceptors (Lipinski definition) is 3. The summed E-state index contributed by atoms with van der Waals surface area (Å²) in [4.78, 5) is 15.5. The van der Waals surface area contributed by atoms with Gasteiger partial charge in [0, 0.05) is 13.1 Å². The molecule has 26 heavy (non-hydrogen) atoms. The lowest BCUT2D eigenvalue weighted by Crippen LogP contribution is -2.38. The first-order valence-corrected chi connectivity index (χ1v) is 8.45. The molecule has 0 unspecified atom stereocenters. The number of amides is 1. The number of carbonyl (C=O) groups excluding carboxylic acids is 1. The van der Waals surface area contributed by atoms with Crippen molar-refractivity contribution in [3.05, 3.63) is 58.5 Å². The minimum absolute atomic E-state index is 0. The molecule has 1 aromatic carbocycles. The van der Waals surface area contributed by atoms with Crippen LogP contribution in [0.3, 0.4) is 0 Å². The predicted molar refractivity (Wildman–Crippen MR) is 115 cm³/mol. The zero-order chi connectivity index (χ0) is 18.2. The summed E-state index contributed by atoms with van der Waals surface area (Å²) in [7, 11) is 0. The molecule has 0 saturated heterocycles. The summed E-state index contributed by atoms with van der Waals surface area (Å²) in [6.45, 7) is 8.11. The van der Waals surface area contributed by atoms with E-state index in [4.69, 9.17) is 10.2 Å². The number of hydrogen-bond donors (Lipinski definition) is 3. The smallest absolute Gasteiger partial charge is 0.284 e. The number of nitrogens with two attached hydrogens (primary N) is 1. The van der Waals surface area contributed by atoms with Gasteiger partial charge in [-0.1, -0.05) is 29.3 Å². The number of aliphatic imine (C=N–C) groups is 1. The summed E-state index contributed by atoms with van der Waals surface area (Å²) in [5.41, 5.74) is 9.04. The Morgan fingerprint density at radius 3 is 2.42 bits per heavy atom. The second-order valence-electron chi connectivity index (χ2n) is 6.00. The van der Waals surface area contributed by atoms with Crippen molar-refractivity contribution < 1.29 is 9.21 Å². The highest BCUT2D eigenvalue weighted by molar-refractivity contribution is 14.0. The van der Waals surface area contributed by atoms with Crippen molar-refractivity contribution >= 4 is 35.8 Å². The highest BCUT2D eigenvalue weighted by atomic mass is 127. The van der Waals surface area contributed by atoms with Crippen molar-refractivity contribution in [1.29, 1.82) is 0 Å². The number of nitrogens with one attached hydrogen (secondary N) is 2. The molecule has 4 N–H and O–H groups in total. The second kappa shape index (κ2) is 10.8. The molecule has 0 bridgehead atoms. The van der Waals surface area contributed by atoms with E-state index in [1.165, 1.54) is 16.7 Å². The van der Waals surface area contributed by atoms with Crippen molar-refractivity contribution in [2.75, 3.05) is 13.1 Å². The molecule has 0 aliphatic heterocycles. The van der Waals surface area contributed by atoms with E-state index in [-0.39, 0.29) is 29.7 Å². The summed E-state index contributed by atoms with van der Waals surface area (Å²) in [5.74, 6) is 0.885. The minimum Gasteiger partial charge on any atom is -0.454 e. The molecule has 1 aromatic heterocycles. The van der Waals surface area contributed by atoms with Crippen LogP contribution in [-0.4, -0.2) is 25.0 Å².